The summed E-state index contributed by atoms with van der Waals surface area (Å²) < 4.78 is 1.86. The van der Waals surface area contributed by atoms with Crippen molar-refractivity contribution in [2.75, 3.05) is 6.54 Å². The van der Waals surface area contributed by atoms with Crippen LogP contribution in [0, 0.1) is 11.8 Å². The van der Waals surface area contributed by atoms with Crippen molar-refractivity contribution < 1.29 is 9.90 Å². The van der Waals surface area contributed by atoms with Crippen molar-refractivity contribution in [3.63, 3.8) is 0 Å². The van der Waals surface area contributed by atoms with Gasteiger partial charge in [-0.3, -0.25) is 4.79 Å². The minimum atomic E-state index is -0.533. The number of carbonyl (C=O) groups excluding carboxylic acids is 1. The Hall–Kier alpha value is -1.95. The van der Waals surface area contributed by atoms with Crippen LogP contribution in [0.2, 0.25) is 0 Å². The first-order valence-electron chi connectivity index (χ1n) is 8.20. The van der Waals surface area contributed by atoms with Gasteiger partial charge in [0.2, 0.25) is 0 Å². The van der Waals surface area contributed by atoms with Gasteiger partial charge in [0.05, 0.1) is 17.9 Å². The number of nitrogens with zero attached hydrogens (tertiary/aromatic N) is 3. The molecule has 0 saturated heterocycles. The normalized spacial score (nSPS) is 14.2. The smallest absolute Gasteiger partial charge is 0.252 e. The maximum absolute atomic E-state index is 12.2. The number of pyridine rings is 1. The topological polar surface area (TPSA) is 80.0 Å². The summed E-state index contributed by atoms with van der Waals surface area (Å²) in [4.78, 5) is 16.6. The largest absolute Gasteiger partial charge is 0.391 e. The van der Waals surface area contributed by atoms with Crippen LogP contribution in [0.1, 0.15) is 44.5 Å². The van der Waals surface area contributed by atoms with Crippen molar-refractivity contribution in [3.05, 3.63) is 24.0 Å². The maximum atomic E-state index is 12.2. The van der Waals surface area contributed by atoms with Crippen LogP contribution < -0.4 is 5.32 Å². The third kappa shape index (κ3) is 4.28. The minimum absolute atomic E-state index is 0.158. The molecule has 23 heavy (non-hydrogen) atoms. The first-order valence-corrected chi connectivity index (χ1v) is 8.20. The Kier molecular flexibility index (Phi) is 5.71. The lowest BCUT2D eigenvalue weighted by Gasteiger charge is -2.17. The molecule has 0 radical (unpaired) electrons. The summed E-state index contributed by atoms with van der Waals surface area (Å²) in [5.74, 6) is 0.411. The van der Waals surface area contributed by atoms with Crippen molar-refractivity contribution in [1.29, 1.82) is 0 Å². The first kappa shape index (κ1) is 17.4. The molecule has 0 aliphatic rings. The van der Waals surface area contributed by atoms with E-state index in [9.17, 15) is 9.90 Å². The van der Waals surface area contributed by atoms with E-state index in [1.807, 2.05) is 18.5 Å². The number of aliphatic hydroxyl groups is 1. The fourth-order valence-electron chi connectivity index (χ4n) is 2.35. The van der Waals surface area contributed by atoms with Gasteiger partial charge in [-0.1, -0.05) is 34.1 Å². The van der Waals surface area contributed by atoms with Crippen LogP contribution in [0.3, 0.4) is 0 Å². The van der Waals surface area contributed by atoms with Gasteiger partial charge in [-0.15, -0.1) is 0 Å². The molecule has 2 N–H and O–H groups in total. The van der Waals surface area contributed by atoms with Gasteiger partial charge in [-0.25, -0.2) is 9.67 Å². The van der Waals surface area contributed by atoms with E-state index in [1.165, 1.54) is 0 Å². The van der Waals surface area contributed by atoms with Gasteiger partial charge in [0.1, 0.15) is 0 Å². The van der Waals surface area contributed by atoms with Crippen LogP contribution in [-0.2, 0) is 6.54 Å². The molecule has 1 amide bonds. The van der Waals surface area contributed by atoms with Gasteiger partial charge in [-0.05, 0) is 17.9 Å². The zero-order valence-corrected chi connectivity index (χ0v) is 14.3. The molecule has 6 nitrogen and oxygen atoms in total. The summed E-state index contributed by atoms with van der Waals surface area (Å²) in [6.07, 6.45) is 3.63. The number of aromatic nitrogens is 3. The highest BCUT2D eigenvalue weighted by atomic mass is 16.3. The standard InChI is InChI=1S/C17H26N4O2/c1-5-12(4)15(22)9-19-17(23)14-6-13-8-20-21(10-11(2)3)16(13)18-7-14/h6-8,11-12,15,22H,5,9-10H2,1-4H3,(H,19,23). The zero-order chi connectivity index (χ0) is 17.0. The summed E-state index contributed by atoms with van der Waals surface area (Å²) in [5, 5.41) is 17.9. The molecule has 0 aliphatic carbocycles. The Morgan fingerprint density at radius 1 is 1.35 bits per heavy atom. The van der Waals surface area contributed by atoms with E-state index in [0.717, 1.165) is 24.0 Å². The van der Waals surface area contributed by atoms with Crippen molar-refractivity contribution in [2.45, 2.75) is 46.8 Å². The van der Waals surface area contributed by atoms with Crippen molar-refractivity contribution in [3.8, 4) is 0 Å². The molecule has 0 aliphatic heterocycles. The minimum Gasteiger partial charge on any atom is -0.391 e. The van der Waals surface area contributed by atoms with Gasteiger partial charge in [0.15, 0.2) is 5.65 Å². The monoisotopic (exact) mass is 318 g/mol. The zero-order valence-electron chi connectivity index (χ0n) is 14.3. The molecule has 2 rings (SSSR count). The van der Waals surface area contributed by atoms with Crippen molar-refractivity contribution >= 4 is 16.9 Å². The van der Waals surface area contributed by atoms with Gasteiger partial charge in [-0.2, -0.15) is 5.10 Å². The molecule has 0 fully saturated rings. The van der Waals surface area contributed by atoms with E-state index < -0.39 is 6.10 Å². The lowest BCUT2D eigenvalue weighted by Crippen LogP contribution is -2.35. The summed E-state index contributed by atoms with van der Waals surface area (Å²) in [5.41, 5.74) is 1.27. The molecule has 0 aromatic carbocycles. The Balaban J connectivity index is 2.07. The highest BCUT2D eigenvalue weighted by molar-refractivity contribution is 5.96. The summed E-state index contributed by atoms with van der Waals surface area (Å²) in [6, 6.07) is 1.79. The number of amides is 1. The lowest BCUT2D eigenvalue weighted by molar-refractivity contribution is 0.0850. The number of fused-ring (bicyclic) bond motifs is 1. The number of aliphatic hydroxyl groups excluding tert-OH is 1. The summed E-state index contributed by atoms with van der Waals surface area (Å²) >= 11 is 0. The quantitative estimate of drug-likeness (QED) is 0.820. The van der Waals surface area contributed by atoms with Crippen LogP contribution in [0.15, 0.2) is 18.5 Å². The fourth-order valence-corrected chi connectivity index (χ4v) is 2.35. The maximum Gasteiger partial charge on any atom is 0.252 e. The lowest BCUT2D eigenvalue weighted by atomic mass is 10.0. The van der Waals surface area contributed by atoms with Crippen molar-refractivity contribution in [1.82, 2.24) is 20.1 Å². The SMILES string of the molecule is CCC(C)C(O)CNC(=O)c1cnc2c(cnn2CC(C)C)c1. The number of hydrogen-bond acceptors (Lipinski definition) is 4. The molecule has 0 saturated carbocycles. The molecule has 0 bridgehead atoms. The Morgan fingerprint density at radius 3 is 2.74 bits per heavy atom. The van der Waals surface area contributed by atoms with Crippen molar-refractivity contribution in [2.24, 2.45) is 11.8 Å². The van der Waals surface area contributed by atoms with Crippen LogP contribution in [0.25, 0.3) is 11.0 Å². The summed E-state index contributed by atoms with van der Waals surface area (Å²) in [7, 11) is 0. The first-order chi connectivity index (χ1) is 10.9. The average molecular weight is 318 g/mol. The second kappa shape index (κ2) is 7.55. The van der Waals surface area contributed by atoms with Crippen LogP contribution in [-0.4, -0.2) is 38.4 Å². The van der Waals surface area contributed by atoms with E-state index in [0.29, 0.717) is 11.5 Å². The van der Waals surface area contributed by atoms with E-state index in [-0.39, 0.29) is 18.4 Å². The van der Waals surface area contributed by atoms with Crippen LogP contribution >= 0.6 is 0 Å². The second-order valence-corrected chi connectivity index (χ2v) is 6.52. The third-order valence-electron chi connectivity index (χ3n) is 4.05. The van der Waals surface area contributed by atoms with E-state index >= 15 is 0 Å². The van der Waals surface area contributed by atoms with Gasteiger partial charge in [0.25, 0.3) is 5.91 Å². The molecule has 6 heteroatoms. The molecular weight excluding hydrogens is 292 g/mol. The molecule has 2 heterocycles. The third-order valence-corrected chi connectivity index (χ3v) is 4.05. The number of hydrogen-bond donors (Lipinski definition) is 2. The van der Waals surface area contributed by atoms with E-state index in [4.69, 9.17) is 0 Å². The number of carbonyl (C=O) groups is 1. The van der Waals surface area contributed by atoms with Gasteiger partial charge < -0.3 is 10.4 Å². The van der Waals surface area contributed by atoms with Gasteiger partial charge >= 0.3 is 0 Å². The van der Waals surface area contributed by atoms with Crippen LogP contribution in [0.5, 0.6) is 0 Å². The molecule has 126 valence electrons. The average Bonchev–Trinajstić information content (AvgIpc) is 2.92. The summed E-state index contributed by atoms with van der Waals surface area (Å²) in [6.45, 7) is 9.27. The number of rotatable bonds is 7. The van der Waals surface area contributed by atoms with Gasteiger partial charge in [0, 0.05) is 24.7 Å². The predicted octanol–water partition coefficient (Wildman–Crippen LogP) is 2.22. The Labute approximate surface area is 136 Å². The Morgan fingerprint density at radius 2 is 2.09 bits per heavy atom. The highest BCUT2D eigenvalue weighted by Crippen LogP contribution is 2.14. The van der Waals surface area contributed by atoms with E-state index in [1.54, 1.807) is 18.5 Å². The number of nitrogens with one attached hydrogen (secondary N) is 1. The molecule has 0 spiro atoms. The molecule has 2 unspecified atom stereocenters. The molecular formula is C17H26N4O2. The van der Waals surface area contributed by atoms with Crippen LogP contribution in [0.4, 0.5) is 0 Å². The molecule has 2 aromatic rings. The fraction of sp³-hybridized carbons (Fsp3) is 0.588. The molecule has 2 aromatic heterocycles. The second-order valence-electron chi connectivity index (χ2n) is 6.52. The molecule has 2 atom stereocenters. The van der Waals surface area contributed by atoms with E-state index in [2.05, 4.69) is 29.2 Å². The predicted molar refractivity (Wildman–Crippen MR) is 90.2 cm³/mol. The highest BCUT2D eigenvalue weighted by Gasteiger charge is 2.15. The Bertz CT molecular complexity index is 666.